The third-order valence-electron chi connectivity index (χ3n) is 3.04. The van der Waals surface area contributed by atoms with Gasteiger partial charge in [-0.05, 0) is 47.2 Å². The first-order valence-corrected chi connectivity index (χ1v) is 7.20. The number of hydrogen-bond acceptors (Lipinski definition) is 4. The predicted molar refractivity (Wildman–Crippen MR) is 83.0 cm³/mol. The van der Waals surface area contributed by atoms with Crippen molar-refractivity contribution in [1.82, 2.24) is 20.2 Å². The molecule has 3 rings (SSSR count). The first-order valence-electron chi connectivity index (χ1n) is 6.41. The van der Waals surface area contributed by atoms with Crippen molar-refractivity contribution >= 4 is 15.9 Å². The van der Waals surface area contributed by atoms with E-state index in [0.717, 1.165) is 21.3 Å². The summed E-state index contributed by atoms with van der Waals surface area (Å²) in [4.78, 5) is 1.58. The van der Waals surface area contributed by atoms with E-state index in [2.05, 4.69) is 31.3 Å². The van der Waals surface area contributed by atoms with Crippen LogP contribution >= 0.6 is 15.9 Å². The van der Waals surface area contributed by atoms with Crippen molar-refractivity contribution in [3.05, 3.63) is 58.6 Å². The van der Waals surface area contributed by atoms with E-state index in [4.69, 9.17) is 4.74 Å². The van der Waals surface area contributed by atoms with Crippen molar-refractivity contribution in [1.29, 1.82) is 0 Å². The summed E-state index contributed by atoms with van der Waals surface area (Å²) in [7, 11) is 1.65. The van der Waals surface area contributed by atoms with Gasteiger partial charge in [-0.15, -0.1) is 10.2 Å². The van der Waals surface area contributed by atoms with Crippen LogP contribution in [0.25, 0.3) is 11.4 Å². The van der Waals surface area contributed by atoms with Crippen molar-refractivity contribution in [2.75, 3.05) is 7.11 Å². The summed E-state index contributed by atoms with van der Waals surface area (Å²) in [5, 5.41) is 12.6. The van der Waals surface area contributed by atoms with E-state index in [1.165, 1.54) is 0 Å². The van der Waals surface area contributed by atoms with E-state index in [-0.39, 0.29) is 0 Å². The zero-order valence-corrected chi connectivity index (χ0v) is 13.0. The van der Waals surface area contributed by atoms with Gasteiger partial charge in [0.2, 0.25) is 5.82 Å². The standard InChI is InChI=1S/C15H13BrN4O/c1-21-14-8-2-11(3-9-14)10-20-18-15(17-19-20)12-4-6-13(16)7-5-12/h2-9H,10H2,1H3. The summed E-state index contributed by atoms with van der Waals surface area (Å²) in [6, 6.07) is 15.6. The summed E-state index contributed by atoms with van der Waals surface area (Å²) < 4.78 is 6.16. The molecule has 2 aromatic carbocycles. The monoisotopic (exact) mass is 344 g/mol. The van der Waals surface area contributed by atoms with Gasteiger partial charge in [0, 0.05) is 10.0 Å². The third-order valence-corrected chi connectivity index (χ3v) is 3.57. The van der Waals surface area contributed by atoms with E-state index < -0.39 is 0 Å². The van der Waals surface area contributed by atoms with E-state index in [0.29, 0.717) is 12.4 Å². The maximum absolute atomic E-state index is 5.14. The Balaban J connectivity index is 1.76. The lowest BCUT2D eigenvalue weighted by molar-refractivity contribution is 0.414. The second-order valence-electron chi connectivity index (χ2n) is 4.50. The summed E-state index contributed by atoms with van der Waals surface area (Å²) in [6.07, 6.45) is 0. The number of hydrogen-bond donors (Lipinski definition) is 0. The van der Waals surface area contributed by atoms with Crippen molar-refractivity contribution in [2.45, 2.75) is 6.54 Å². The highest BCUT2D eigenvalue weighted by Gasteiger charge is 2.06. The molecule has 1 aromatic heterocycles. The van der Waals surface area contributed by atoms with E-state index >= 15 is 0 Å². The maximum atomic E-state index is 5.14. The first-order chi connectivity index (χ1) is 10.2. The minimum atomic E-state index is 0.577. The summed E-state index contributed by atoms with van der Waals surface area (Å²) in [5.74, 6) is 1.46. The molecule has 0 aliphatic rings. The smallest absolute Gasteiger partial charge is 0.204 e. The van der Waals surface area contributed by atoms with Crippen LogP contribution in [0.4, 0.5) is 0 Å². The molecule has 0 spiro atoms. The molecule has 0 N–H and O–H groups in total. The van der Waals surface area contributed by atoms with Gasteiger partial charge in [-0.25, -0.2) is 0 Å². The highest BCUT2D eigenvalue weighted by Crippen LogP contribution is 2.18. The number of benzene rings is 2. The third kappa shape index (κ3) is 3.28. The molecular formula is C15H13BrN4O. The Kier molecular flexibility index (Phi) is 3.96. The van der Waals surface area contributed by atoms with E-state index in [1.807, 2.05) is 48.5 Å². The molecule has 106 valence electrons. The van der Waals surface area contributed by atoms with Crippen LogP contribution in [-0.4, -0.2) is 27.3 Å². The Labute approximate surface area is 130 Å². The van der Waals surface area contributed by atoms with Gasteiger partial charge in [0.15, 0.2) is 0 Å². The van der Waals surface area contributed by atoms with Gasteiger partial charge >= 0.3 is 0 Å². The van der Waals surface area contributed by atoms with Crippen molar-refractivity contribution in [3.8, 4) is 17.1 Å². The zero-order chi connectivity index (χ0) is 14.7. The molecule has 6 heteroatoms. The quantitative estimate of drug-likeness (QED) is 0.729. The predicted octanol–water partition coefficient (Wildman–Crippen LogP) is 3.16. The fourth-order valence-corrected chi connectivity index (χ4v) is 2.18. The Hall–Kier alpha value is -2.21. The van der Waals surface area contributed by atoms with Gasteiger partial charge in [-0.1, -0.05) is 28.1 Å². The largest absolute Gasteiger partial charge is 0.497 e. The summed E-state index contributed by atoms with van der Waals surface area (Å²) >= 11 is 3.41. The van der Waals surface area contributed by atoms with Crippen LogP contribution in [0.15, 0.2) is 53.0 Å². The average molecular weight is 345 g/mol. The number of tetrazole rings is 1. The van der Waals surface area contributed by atoms with Gasteiger partial charge < -0.3 is 4.74 Å². The van der Waals surface area contributed by atoms with Gasteiger partial charge in [-0.3, -0.25) is 0 Å². The first kappa shape index (κ1) is 13.8. The second kappa shape index (κ2) is 6.05. The van der Waals surface area contributed by atoms with Crippen LogP contribution in [0.3, 0.4) is 0 Å². The lowest BCUT2D eigenvalue weighted by atomic mass is 10.2. The minimum absolute atomic E-state index is 0.577. The molecule has 0 amide bonds. The number of methoxy groups -OCH3 is 1. The lowest BCUT2D eigenvalue weighted by Gasteiger charge is -2.02. The van der Waals surface area contributed by atoms with Gasteiger partial charge in [0.25, 0.3) is 0 Å². The number of nitrogens with zero attached hydrogens (tertiary/aromatic N) is 4. The SMILES string of the molecule is COc1ccc(Cn2nnc(-c3ccc(Br)cc3)n2)cc1. The topological polar surface area (TPSA) is 52.8 Å². The van der Waals surface area contributed by atoms with Crippen LogP contribution in [0, 0.1) is 0 Å². The molecule has 0 aliphatic carbocycles. The normalized spacial score (nSPS) is 10.6. The summed E-state index contributed by atoms with van der Waals surface area (Å²) in [5.41, 5.74) is 2.04. The molecular weight excluding hydrogens is 332 g/mol. The van der Waals surface area contributed by atoms with E-state index in [9.17, 15) is 0 Å². The molecule has 0 radical (unpaired) electrons. The number of halogens is 1. The van der Waals surface area contributed by atoms with Gasteiger partial charge in [-0.2, -0.15) is 4.80 Å². The Bertz CT molecular complexity index is 722. The molecule has 1 heterocycles. The van der Waals surface area contributed by atoms with E-state index in [1.54, 1.807) is 11.9 Å². The van der Waals surface area contributed by atoms with Crippen LogP contribution < -0.4 is 4.74 Å². The highest BCUT2D eigenvalue weighted by molar-refractivity contribution is 9.10. The van der Waals surface area contributed by atoms with Crippen LogP contribution in [-0.2, 0) is 6.54 Å². The van der Waals surface area contributed by atoms with Gasteiger partial charge in [0.05, 0.1) is 13.7 Å². The second-order valence-corrected chi connectivity index (χ2v) is 5.41. The average Bonchev–Trinajstić information content (AvgIpc) is 2.97. The molecule has 0 fully saturated rings. The van der Waals surface area contributed by atoms with Crippen LogP contribution in [0.5, 0.6) is 5.75 Å². The van der Waals surface area contributed by atoms with Crippen molar-refractivity contribution in [3.63, 3.8) is 0 Å². The fraction of sp³-hybridized carbons (Fsp3) is 0.133. The van der Waals surface area contributed by atoms with Gasteiger partial charge in [0.1, 0.15) is 5.75 Å². The summed E-state index contributed by atoms with van der Waals surface area (Å²) in [6.45, 7) is 0.577. The maximum Gasteiger partial charge on any atom is 0.204 e. The number of rotatable bonds is 4. The molecule has 0 atom stereocenters. The van der Waals surface area contributed by atoms with Crippen molar-refractivity contribution < 1.29 is 4.74 Å². The zero-order valence-electron chi connectivity index (χ0n) is 11.4. The molecule has 3 aromatic rings. The van der Waals surface area contributed by atoms with Crippen LogP contribution in [0.1, 0.15) is 5.56 Å². The fourth-order valence-electron chi connectivity index (χ4n) is 1.92. The Morgan fingerprint density at radius 1 is 1.05 bits per heavy atom. The minimum Gasteiger partial charge on any atom is -0.497 e. The molecule has 0 bridgehead atoms. The Morgan fingerprint density at radius 3 is 2.43 bits per heavy atom. The van der Waals surface area contributed by atoms with Crippen molar-refractivity contribution in [2.24, 2.45) is 0 Å². The highest BCUT2D eigenvalue weighted by atomic mass is 79.9. The molecule has 0 saturated carbocycles. The molecule has 0 saturated heterocycles. The molecule has 0 unspecified atom stereocenters. The number of aromatic nitrogens is 4. The molecule has 0 aliphatic heterocycles. The molecule has 21 heavy (non-hydrogen) atoms. The Morgan fingerprint density at radius 2 is 1.76 bits per heavy atom. The lowest BCUT2D eigenvalue weighted by Crippen LogP contribution is -2.03. The molecule has 5 nitrogen and oxygen atoms in total. The van der Waals surface area contributed by atoms with Crippen LogP contribution in [0.2, 0.25) is 0 Å². The number of ether oxygens (including phenoxy) is 1.